The highest BCUT2D eigenvalue weighted by atomic mass is 31.0. The first-order chi connectivity index (χ1) is 14.5. The van der Waals surface area contributed by atoms with Crippen LogP contribution in [0.4, 0.5) is 0 Å². The summed E-state index contributed by atoms with van der Waals surface area (Å²) in [6, 6.07) is 13.7. The lowest BCUT2D eigenvalue weighted by Gasteiger charge is -2.07. The molecular formula is C24H26N3O2P. The third-order valence-electron chi connectivity index (χ3n) is 4.82. The van der Waals surface area contributed by atoms with Gasteiger partial charge in [-0.1, -0.05) is 30.3 Å². The maximum absolute atomic E-state index is 12.3. The van der Waals surface area contributed by atoms with Gasteiger partial charge in [0.1, 0.15) is 0 Å². The largest absolute Gasteiger partial charge is 0.501 e. The molecule has 30 heavy (non-hydrogen) atoms. The Kier molecular flexibility index (Phi) is 7.21. The molecule has 1 aromatic heterocycles. The van der Waals surface area contributed by atoms with Gasteiger partial charge in [-0.15, -0.1) is 8.86 Å². The number of allylic oxidation sites excluding steroid dienone is 4. The molecule has 0 spiro atoms. The number of nitrogens with one attached hydrogen (secondary N) is 1. The van der Waals surface area contributed by atoms with Gasteiger partial charge in [-0.05, 0) is 60.6 Å². The molecule has 0 saturated heterocycles. The first kappa shape index (κ1) is 21.5. The van der Waals surface area contributed by atoms with Crippen molar-refractivity contribution in [1.82, 2.24) is 15.1 Å². The van der Waals surface area contributed by atoms with Gasteiger partial charge in [0, 0.05) is 23.7 Å². The van der Waals surface area contributed by atoms with Gasteiger partial charge < -0.3 is 10.1 Å². The molecule has 0 aliphatic heterocycles. The minimum absolute atomic E-state index is 0.104. The summed E-state index contributed by atoms with van der Waals surface area (Å²) < 4.78 is 7.20. The number of benzene rings is 2. The summed E-state index contributed by atoms with van der Waals surface area (Å²) in [6.45, 7) is 5.05. The van der Waals surface area contributed by atoms with E-state index in [9.17, 15) is 4.79 Å². The Bertz CT molecular complexity index is 1130. The number of hydrogen-bond donors (Lipinski definition) is 1. The Morgan fingerprint density at radius 3 is 2.80 bits per heavy atom. The van der Waals surface area contributed by atoms with E-state index in [-0.39, 0.29) is 5.91 Å². The molecule has 0 atom stereocenters. The molecule has 5 nitrogen and oxygen atoms in total. The van der Waals surface area contributed by atoms with E-state index in [2.05, 4.69) is 32.5 Å². The van der Waals surface area contributed by atoms with E-state index in [1.807, 2.05) is 61.0 Å². The number of hydrogen-bond acceptors (Lipinski definition) is 3. The van der Waals surface area contributed by atoms with Crippen LogP contribution in [0.3, 0.4) is 0 Å². The van der Waals surface area contributed by atoms with Gasteiger partial charge in [-0.3, -0.25) is 9.48 Å². The molecule has 1 N–H and O–H groups in total. The number of fused-ring (bicyclic) bond motifs is 1. The van der Waals surface area contributed by atoms with Gasteiger partial charge in [0.15, 0.2) is 0 Å². The maximum atomic E-state index is 12.3. The number of nitrogens with zero attached hydrogens (tertiary/aromatic N) is 2. The van der Waals surface area contributed by atoms with Crippen LogP contribution >= 0.6 is 8.86 Å². The smallest absolute Gasteiger partial charge is 0.251 e. The van der Waals surface area contributed by atoms with Crippen molar-refractivity contribution < 1.29 is 9.53 Å². The number of methoxy groups -OCH3 is 1. The quantitative estimate of drug-likeness (QED) is 0.322. The van der Waals surface area contributed by atoms with Crippen molar-refractivity contribution in [2.75, 3.05) is 13.7 Å². The Labute approximate surface area is 179 Å². The SMILES string of the molecule is C/C=C(\C=C(/C)OC)Cn1cc2c(-c3cccc(C(=O)NCC=P)c3)cccc2n1. The molecule has 1 heterocycles. The topological polar surface area (TPSA) is 56.1 Å². The zero-order valence-electron chi connectivity index (χ0n) is 17.5. The lowest BCUT2D eigenvalue weighted by atomic mass is 10.00. The molecule has 1 amide bonds. The summed E-state index contributed by atoms with van der Waals surface area (Å²) in [7, 11) is 4.92. The number of ether oxygens (including phenoxy) is 1. The van der Waals surface area contributed by atoms with Crippen LogP contribution < -0.4 is 5.32 Å². The molecule has 0 unspecified atom stereocenters. The molecule has 3 aromatic rings. The fraction of sp³-hybridized carbons (Fsp3) is 0.208. The van der Waals surface area contributed by atoms with Crippen LogP contribution in [0.5, 0.6) is 0 Å². The van der Waals surface area contributed by atoms with Crippen molar-refractivity contribution in [3.63, 3.8) is 0 Å². The second-order valence-corrected chi connectivity index (χ2v) is 7.29. The van der Waals surface area contributed by atoms with Crippen LogP contribution in [0.1, 0.15) is 24.2 Å². The monoisotopic (exact) mass is 419 g/mol. The first-order valence-corrected chi connectivity index (χ1v) is 10.3. The number of aromatic nitrogens is 2. The van der Waals surface area contributed by atoms with Crippen LogP contribution in [-0.4, -0.2) is 35.1 Å². The Morgan fingerprint density at radius 1 is 1.27 bits per heavy atom. The second-order valence-electron chi connectivity index (χ2n) is 6.88. The summed E-state index contributed by atoms with van der Waals surface area (Å²) in [5, 5.41) is 8.62. The van der Waals surface area contributed by atoms with Gasteiger partial charge in [-0.25, -0.2) is 0 Å². The van der Waals surface area contributed by atoms with E-state index < -0.39 is 0 Å². The van der Waals surface area contributed by atoms with Gasteiger partial charge in [0.25, 0.3) is 5.91 Å². The van der Waals surface area contributed by atoms with E-state index >= 15 is 0 Å². The molecule has 0 aliphatic rings. The highest BCUT2D eigenvalue weighted by Gasteiger charge is 2.11. The van der Waals surface area contributed by atoms with Gasteiger partial charge in [0.05, 0.1) is 24.9 Å². The lowest BCUT2D eigenvalue weighted by molar-refractivity contribution is 0.0960. The first-order valence-electron chi connectivity index (χ1n) is 9.77. The van der Waals surface area contributed by atoms with E-state index in [0.29, 0.717) is 18.7 Å². The van der Waals surface area contributed by atoms with E-state index in [0.717, 1.165) is 33.4 Å². The predicted molar refractivity (Wildman–Crippen MR) is 126 cm³/mol. The third-order valence-corrected chi connectivity index (χ3v) is 5.03. The second kappa shape index (κ2) is 10.0. The molecule has 0 bridgehead atoms. The minimum Gasteiger partial charge on any atom is -0.501 e. The summed E-state index contributed by atoms with van der Waals surface area (Å²) >= 11 is 0. The van der Waals surface area contributed by atoms with Crippen LogP contribution in [0, 0.1) is 0 Å². The van der Waals surface area contributed by atoms with Gasteiger partial charge in [-0.2, -0.15) is 5.10 Å². The third kappa shape index (κ3) is 5.05. The molecule has 6 heteroatoms. The number of carbonyl (C=O) groups is 1. The van der Waals surface area contributed by atoms with Crippen molar-refractivity contribution >= 4 is 31.5 Å². The molecule has 0 aliphatic carbocycles. The van der Waals surface area contributed by atoms with Crippen LogP contribution in [0.15, 0.2) is 72.1 Å². The molecule has 0 saturated carbocycles. The highest BCUT2D eigenvalue weighted by molar-refractivity contribution is 7.18. The van der Waals surface area contributed by atoms with Crippen molar-refractivity contribution in [2.45, 2.75) is 20.4 Å². The van der Waals surface area contributed by atoms with E-state index in [4.69, 9.17) is 9.84 Å². The molecular weight excluding hydrogens is 393 g/mol. The summed E-state index contributed by atoms with van der Waals surface area (Å²) in [5.74, 6) is 2.47. The van der Waals surface area contributed by atoms with Crippen LogP contribution in [-0.2, 0) is 11.3 Å². The van der Waals surface area contributed by atoms with Crippen LogP contribution in [0.2, 0.25) is 0 Å². The van der Waals surface area contributed by atoms with Gasteiger partial charge >= 0.3 is 0 Å². The Hall–Kier alpha value is -3.17. The number of rotatable bonds is 8. The average molecular weight is 419 g/mol. The minimum atomic E-state index is -0.104. The molecule has 3 rings (SSSR count). The van der Waals surface area contributed by atoms with Crippen molar-refractivity contribution in [3.8, 4) is 11.1 Å². The Balaban J connectivity index is 1.95. The highest BCUT2D eigenvalue weighted by Crippen LogP contribution is 2.29. The van der Waals surface area contributed by atoms with Crippen molar-refractivity contribution in [1.29, 1.82) is 0 Å². The van der Waals surface area contributed by atoms with Crippen molar-refractivity contribution in [2.24, 2.45) is 0 Å². The standard InChI is InChI=1S/C24H26N3O2P/c1-4-18(13-17(2)29-3)15-27-16-22-21(9-6-10-23(22)26-27)19-7-5-8-20(14-19)24(28)25-11-12-30/h4-10,12-14,16,30H,11,15H2,1-3H3,(H,25,28)/b17-13+,18-4+. The zero-order valence-corrected chi connectivity index (χ0v) is 18.5. The molecule has 0 fully saturated rings. The summed E-state index contributed by atoms with van der Waals surface area (Å²) in [5.41, 5.74) is 4.69. The zero-order chi connectivity index (χ0) is 21.5. The Morgan fingerprint density at radius 2 is 2.07 bits per heavy atom. The molecule has 154 valence electrons. The summed E-state index contributed by atoms with van der Waals surface area (Å²) in [6.07, 6.45) is 6.12. The fourth-order valence-electron chi connectivity index (χ4n) is 3.23. The fourth-order valence-corrected chi connectivity index (χ4v) is 3.33. The molecule has 2 aromatic carbocycles. The van der Waals surface area contributed by atoms with Crippen LogP contribution in [0.25, 0.3) is 22.0 Å². The molecule has 0 radical (unpaired) electrons. The van der Waals surface area contributed by atoms with E-state index in [1.165, 1.54) is 0 Å². The van der Waals surface area contributed by atoms with Gasteiger partial charge in [0.2, 0.25) is 0 Å². The predicted octanol–water partition coefficient (Wildman–Crippen LogP) is 4.87. The average Bonchev–Trinajstić information content (AvgIpc) is 3.19. The van der Waals surface area contributed by atoms with Crippen molar-refractivity contribution in [3.05, 3.63) is 77.7 Å². The normalized spacial score (nSPS) is 12.1. The number of carbonyl (C=O) groups excluding carboxylic acids is 1. The summed E-state index contributed by atoms with van der Waals surface area (Å²) in [4.78, 5) is 12.3. The lowest BCUT2D eigenvalue weighted by Crippen LogP contribution is -2.24. The number of amides is 1. The van der Waals surface area contributed by atoms with E-state index in [1.54, 1.807) is 12.9 Å². The maximum Gasteiger partial charge on any atom is 0.251 e.